The topological polar surface area (TPSA) is 17.1 Å². The molecule has 0 fully saturated rings. The summed E-state index contributed by atoms with van der Waals surface area (Å²) in [6.45, 7) is 3.80. The van der Waals surface area contributed by atoms with Gasteiger partial charge in [-0.1, -0.05) is 37.1 Å². The highest BCUT2D eigenvalue weighted by Crippen LogP contribution is 2.11. The summed E-state index contributed by atoms with van der Waals surface area (Å²) >= 11 is 0. The highest BCUT2D eigenvalue weighted by atomic mass is 16.1. The molecule has 1 nitrogen and oxygen atoms in total. The molecule has 0 N–H and O–H groups in total. The van der Waals surface area contributed by atoms with Gasteiger partial charge in [0.1, 0.15) is 0 Å². The van der Waals surface area contributed by atoms with Gasteiger partial charge in [-0.2, -0.15) is 0 Å². The van der Waals surface area contributed by atoms with Crippen molar-refractivity contribution < 1.29 is 4.79 Å². The van der Waals surface area contributed by atoms with Gasteiger partial charge in [0, 0.05) is 5.56 Å². The summed E-state index contributed by atoms with van der Waals surface area (Å²) in [6, 6.07) is 7.72. The predicted molar refractivity (Wildman–Crippen MR) is 58.2 cm³/mol. The van der Waals surface area contributed by atoms with E-state index in [-0.39, 0.29) is 5.78 Å². The summed E-state index contributed by atoms with van der Waals surface area (Å²) in [5, 5.41) is 0. The van der Waals surface area contributed by atoms with Gasteiger partial charge in [-0.3, -0.25) is 4.79 Å². The summed E-state index contributed by atoms with van der Waals surface area (Å²) in [6.07, 6.45) is 1.22. The third-order valence-electron chi connectivity index (χ3n) is 2.12. The van der Waals surface area contributed by atoms with Gasteiger partial charge >= 0.3 is 0 Å². The van der Waals surface area contributed by atoms with E-state index in [1.807, 2.05) is 24.3 Å². The molecule has 0 spiro atoms. The Morgan fingerprint density at radius 2 is 2.07 bits per heavy atom. The second-order valence-corrected chi connectivity index (χ2v) is 3.04. The van der Waals surface area contributed by atoms with Crippen molar-refractivity contribution in [1.82, 2.24) is 0 Å². The quantitative estimate of drug-likeness (QED) is 0.524. The van der Waals surface area contributed by atoms with Gasteiger partial charge in [0.05, 0.1) is 6.42 Å². The van der Waals surface area contributed by atoms with E-state index in [9.17, 15) is 4.79 Å². The summed E-state index contributed by atoms with van der Waals surface area (Å²) in [5.41, 5.74) is 1.92. The SMILES string of the molecule is CC#CCC(=O)c1ccccc1CC. The Balaban J connectivity index is 2.92. The molecular formula is C13H14O. The van der Waals surface area contributed by atoms with Crippen molar-refractivity contribution in [3.8, 4) is 11.8 Å². The average Bonchev–Trinajstić information content (AvgIpc) is 2.25. The second-order valence-electron chi connectivity index (χ2n) is 3.04. The molecule has 0 aliphatic heterocycles. The first-order chi connectivity index (χ1) is 6.79. The van der Waals surface area contributed by atoms with Crippen molar-refractivity contribution in [2.75, 3.05) is 0 Å². The van der Waals surface area contributed by atoms with E-state index >= 15 is 0 Å². The fraction of sp³-hybridized carbons (Fsp3) is 0.308. The molecule has 0 saturated heterocycles. The smallest absolute Gasteiger partial charge is 0.175 e. The monoisotopic (exact) mass is 186 g/mol. The summed E-state index contributed by atoms with van der Waals surface area (Å²) in [4.78, 5) is 11.7. The lowest BCUT2D eigenvalue weighted by molar-refractivity contribution is 0.0997. The van der Waals surface area contributed by atoms with Crippen LogP contribution >= 0.6 is 0 Å². The molecule has 0 bridgehead atoms. The van der Waals surface area contributed by atoms with Crippen LogP contribution in [0.1, 0.15) is 36.2 Å². The number of hydrogen-bond donors (Lipinski definition) is 0. The molecule has 1 aromatic rings. The van der Waals surface area contributed by atoms with Crippen molar-refractivity contribution in [1.29, 1.82) is 0 Å². The van der Waals surface area contributed by atoms with Crippen molar-refractivity contribution in [3.63, 3.8) is 0 Å². The minimum Gasteiger partial charge on any atom is -0.293 e. The number of carbonyl (C=O) groups excluding carboxylic acids is 1. The molecule has 0 saturated carbocycles. The van der Waals surface area contributed by atoms with Gasteiger partial charge in [0.15, 0.2) is 5.78 Å². The minimum absolute atomic E-state index is 0.122. The maximum Gasteiger partial charge on any atom is 0.175 e. The van der Waals surface area contributed by atoms with E-state index in [1.165, 1.54) is 0 Å². The number of ketones is 1. The van der Waals surface area contributed by atoms with E-state index in [0.717, 1.165) is 17.5 Å². The molecule has 0 unspecified atom stereocenters. The second kappa shape index (κ2) is 5.24. The largest absolute Gasteiger partial charge is 0.293 e. The van der Waals surface area contributed by atoms with Crippen molar-refractivity contribution in [2.45, 2.75) is 26.7 Å². The Morgan fingerprint density at radius 1 is 1.36 bits per heavy atom. The number of Topliss-reactive ketones (excluding diaryl/α,β-unsaturated/α-hetero) is 1. The lowest BCUT2D eigenvalue weighted by atomic mass is 10.0. The molecule has 0 aromatic heterocycles. The third-order valence-corrected chi connectivity index (χ3v) is 2.12. The molecule has 0 aliphatic rings. The van der Waals surface area contributed by atoms with Crippen molar-refractivity contribution in [2.24, 2.45) is 0 Å². The lowest BCUT2D eigenvalue weighted by Gasteiger charge is -2.03. The molecule has 1 aromatic carbocycles. The maximum atomic E-state index is 11.7. The van der Waals surface area contributed by atoms with E-state index in [4.69, 9.17) is 0 Å². The van der Waals surface area contributed by atoms with Crippen LogP contribution in [0.15, 0.2) is 24.3 Å². The van der Waals surface area contributed by atoms with Crippen molar-refractivity contribution >= 4 is 5.78 Å². The molecule has 0 aliphatic carbocycles. The van der Waals surface area contributed by atoms with E-state index < -0.39 is 0 Å². The highest BCUT2D eigenvalue weighted by molar-refractivity contribution is 5.98. The van der Waals surface area contributed by atoms with E-state index in [0.29, 0.717) is 6.42 Å². The van der Waals surface area contributed by atoms with Gasteiger partial charge in [-0.05, 0) is 18.9 Å². The Bertz CT molecular complexity index is 380. The standard InChI is InChI=1S/C13H14O/c1-3-5-10-13(14)12-9-7-6-8-11(12)4-2/h6-9H,4,10H2,1-2H3. The van der Waals surface area contributed by atoms with E-state index in [2.05, 4.69) is 18.8 Å². The first-order valence-corrected chi connectivity index (χ1v) is 4.80. The number of aryl methyl sites for hydroxylation is 1. The van der Waals surface area contributed by atoms with Crippen LogP contribution in [0, 0.1) is 11.8 Å². The van der Waals surface area contributed by atoms with Crippen LogP contribution in [0.5, 0.6) is 0 Å². The normalized spacial score (nSPS) is 9.00. The average molecular weight is 186 g/mol. The summed E-state index contributed by atoms with van der Waals surface area (Å²) in [5.74, 6) is 5.66. The first-order valence-electron chi connectivity index (χ1n) is 4.80. The number of carbonyl (C=O) groups is 1. The van der Waals surface area contributed by atoms with Crippen LogP contribution in [0.3, 0.4) is 0 Å². The third kappa shape index (κ3) is 2.47. The molecule has 0 atom stereocenters. The predicted octanol–water partition coefficient (Wildman–Crippen LogP) is 2.85. The molecule has 14 heavy (non-hydrogen) atoms. The fourth-order valence-corrected chi connectivity index (χ4v) is 1.36. The van der Waals surface area contributed by atoms with Crippen LogP contribution in [-0.4, -0.2) is 5.78 Å². The molecule has 0 heterocycles. The van der Waals surface area contributed by atoms with Crippen molar-refractivity contribution in [3.05, 3.63) is 35.4 Å². The van der Waals surface area contributed by atoms with Gasteiger partial charge in [-0.15, -0.1) is 5.92 Å². The fourth-order valence-electron chi connectivity index (χ4n) is 1.36. The maximum absolute atomic E-state index is 11.7. The lowest BCUT2D eigenvalue weighted by Crippen LogP contribution is -2.01. The van der Waals surface area contributed by atoms with Crippen LogP contribution in [-0.2, 0) is 6.42 Å². The van der Waals surface area contributed by atoms with Crippen LogP contribution in [0.2, 0.25) is 0 Å². The molecule has 72 valence electrons. The number of rotatable bonds is 3. The summed E-state index contributed by atoms with van der Waals surface area (Å²) in [7, 11) is 0. The zero-order valence-electron chi connectivity index (χ0n) is 8.63. The molecule has 1 heteroatoms. The van der Waals surface area contributed by atoms with Crippen LogP contribution in [0.25, 0.3) is 0 Å². The van der Waals surface area contributed by atoms with Crippen LogP contribution < -0.4 is 0 Å². The molecular weight excluding hydrogens is 172 g/mol. The first kappa shape index (κ1) is 10.5. The zero-order valence-corrected chi connectivity index (χ0v) is 8.63. The van der Waals surface area contributed by atoms with Gasteiger partial charge in [0.25, 0.3) is 0 Å². The highest BCUT2D eigenvalue weighted by Gasteiger charge is 2.07. The van der Waals surface area contributed by atoms with E-state index in [1.54, 1.807) is 6.92 Å². The molecule has 0 radical (unpaired) electrons. The number of benzene rings is 1. The van der Waals surface area contributed by atoms with Gasteiger partial charge in [0.2, 0.25) is 0 Å². The Hall–Kier alpha value is -1.55. The van der Waals surface area contributed by atoms with Gasteiger partial charge < -0.3 is 0 Å². The molecule has 0 amide bonds. The molecule has 1 rings (SSSR count). The zero-order chi connectivity index (χ0) is 10.4. The number of hydrogen-bond acceptors (Lipinski definition) is 1. The Kier molecular flexibility index (Phi) is 3.94. The summed E-state index contributed by atoms with van der Waals surface area (Å²) < 4.78 is 0. The Labute approximate surface area is 85.1 Å². The Morgan fingerprint density at radius 3 is 2.71 bits per heavy atom. The minimum atomic E-state index is 0.122. The van der Waals surface area contributed by atoms with Crippen LogP contribution in [0.4, 0.5) is 0 Å². The van der Waals surface area contributed by atoms with Gasteiger partial charge in [-0.25, -0.2) is 0 Å².